The molecule has 2 aromatic rings. The largest absolute Gasteiger partial charge is 0.450 e. The van der Waals surface area contributed by atoms with Crippen LogP contribution >= 0.6 is 24.0 Å². The quantitative estimate of drug-likeness (QED) is 0.499. The molecule has 0 fully saturated rings. The van der Waals surface area contributed by atoms with E-state index < -0.39 is 15.1 Å². The zero-order valence-corrected chi connectivity index (χ0v) is 11.7. The fourth-order valence-corrected chi connectivity index (χ4v) is 2.51. The van der Waals surface area contributed by atoms with E-state index in [1.54, 1.807) is 0 Å². The van der Waals surface area contributed by atoms with Crippen LogP contribution in [0.2, 0.25) is 0 Å². The Morgan fingerprint density at radius 3 is 2.60 bits per heavy atom. The summed E-state index contributed by atoms with van der Waals surface area (Å²) in [6, 6.07) is 0. The second kappa shape index (κ2) is 5.50. The van der Waals surface area contributed by atoms with E-state index in [0.717, 1.165) is 17.5 Å². The average Bonchev–Trinajstić information content (AvgIpc) is 2.97. The maximum atomic E-state index is 10.7. The molecular formula is C8H8N6O4S2. The molecule has 0 aliphatic rings. The Bertz CT molecular complexity index is 668. The third-order valence-electron chi connectivity index (χ3n) is 2.49. The first-order valence-electron chi connectivity index (χ1n) is 5.21. The molecule has 106 valence electrons. The van der Waals surface area contributed by atoms with Crippen molar-refractivity contribution in [1.82, 2.24) is 19.7 Å². The van der Waals surface area contributed by atoms with Gasteiger partial charge in [-0.2, -0.15) is 12.6 Å². The number of nitrogens with zero attached hydrogens (tertiary/aromatic N) is 6. The Balaban J connectivity index is 2.16. The average molecular weight is 316 g/mol. The van der Waals surface area contributed by atoms with Crippen LogP contribution in [0.4, 0.5) is 10.9 Å². The molecule has 0 aliphatic carbocycles. The van der Waals surface area contributed by atoms with Crippen molar-refractivity contribution in [3.63, 3.8) is 0 Å². The van der Waals surface area contributed by atoms with Crippen molar-refractivity contribution < 1.29 is 9.85 Å². The van der Waals surface area contributed by atoms with Gasteiger partial charge in [0.25, 0.3) is 0 Å². The highest BCUT2D eigenvalue weighted by molar-refractivity contribution is 7.80. The molecule has 0 saturated heterocycles. The highest BCUT2D eigenvalue weighted by Gasteiger charge is 2.24. The molecule has 0 aliphatic heterocycles. The summed E-state index contributed by atoms with van der Waals surface area (Å²) in [4.78, 5) is 24.0. The van der Waals surface area contributed by atoms with Crippen LogP contribution in [0, 0.1) is 20.2 Å². The van der Waals surface area contributed by atoms with Gasteiger partial charge < -0.3 is 20.2 Å². The molecule has 2 heterocycles. The van der Waals surface area contributed by atoms with Crippen LogP contribution in [-0.2, 0) is 13.5 Å². The molecule has 12 heteroatoms. The van der Waals surface area contributed by atoms with E-state index in [1.165, 1.54) is 11.6 Å². The molecule has 10 nitrogen and oxygen atoms in total. The van der Waals surface area contributed by atoms with E-state index in [-0.39, 0.29) is 17.4 Å². The number of aromatic nitrogens is 4. The van der Waals surface area contributed by atoms with Crippen LogP contribution in [0.1, 0.15) is 16.1 Å². The van der Waals surface area contributed by atoms with Crippen LogP contribution in [0.5, 0.6) is 0 Å². The SMILES string of the molecule is Cn1c([N+](=O)[O-])cnc1CC(S)c1nnc([N+](=O)[O-])s1. The van der Waals surface area contributed by atoms with Crippen molar-refractivity contribution in [2.24, 2.45) is 7.05 Å². The van der Waals surface area contributed by atoms with Crippen LogP contribution in [0.3, 0.4) is 0 Å². The molecule has 0 radical (unpaired) electrons. The highest BCUT2D eigenvalue weighted by atomic mass is 32.1. The van der Waals surface area contributed by atoms with E-state index in [4.69, 9.17) is 0 Å². The summed E-state index contributed by atoms with van der Waals surface area (Å²) in [5, 5.41) is 27.9. The molecule has 0 saturated carbocycles. The molecule has 0 aromatic carbocycles. The molecule has 1 atom stereocenters. The molecule has 0 bridgehead atoms. The number of imidazole rings is 1. The van der Waals surface area contributed by atoms with Gasteiger partial charge in [0.1, 0.15) is 6.20 Å². The Hall–Kier alpha value is -2.08. The molecule has 1 unspecified atom stereocenters. The first kappa shape index (κ1) is 14.3. The molecule has 20 heavy (non-hydrogen) atoms. The highest BCUT2D eigenvalue weighted by Crippen LogP contribution is 2.30. The Morgan fingerprint density at radius 2 is 2.10 bits per heavy atom. The van der Waals surface area contributed by atoms with Crippen LogP contribution in [0.15, 0.2) is 6.20 Å². The van der Waals surface area contributed by atoms with Gasteiger partial charge in [-0.25, -0.2) is 9.55 Å². The molecule has 2 rings (SSSR count). The number of nitro groups is 2. The second-order valence-corrected chi connectivity index (χ2v) is 5.36. The Kier molecular flexibility index (Phi) is 3.94. The summed E-state index contributed by atoms with van der Waals surface area (Å²) >= 11 is 5.10. The van der Waals surface area contributed by atoms with Gasteiger partial charge in [0.05, 0.1) is 17.4 Å². The smallest absolute Gasteiger partial charge is 0.358 e. The summed E-state index contributed by atoms with van der Waals surface area (Å²) in [7, 11) is 1.52. The molecular weight excluding hydrogens is 308 g/mol. The zero-order valence-electron chi connectivity index (χ0n) is 10.0. The summed E-state index contributed by atoms with van der Waals surface area (Å²) in [6.45, 7) is 0. The Morgan fingerprint density at radius 1 is 1.40 bits per heavy atom. The number of rotatable bonds is 5. The predicted octanol–water partition coefficient (Wildman–Crippen LogP) is 1.30. The van der Waals surface area contributed by atoms with E-state index in [0.29, 0.717) is 10.8 Å². The van der Waals surface area contributed by atoms with Gasteiger partial charge in [-0.3, -0.25) is 0 Å². The minimum absolute atomic E-state index is 0.135. The van der Waals surface area contributed by atoms with Crippen LogP contribution in [-0.4, -0.2) is 29.6 Å². The van der Waals surface area contributed by atoms with Crippen molar-refractivity contribution in [1.29, 1.82) is 0 Å². The van der Waals surface area contributed by atoms with Crippen LogP contribution < -0.4 is 0 Å². The van der Waals surface area contributed by atoms with E-state index in [1.807, 2.05) is 0 Å². The van der Waals surface area contributed by atoms with E-state index in [2.05, 4.69) is 27.8 Å². The first-order chi connectivity index (χ1) is 9.40. The Labute approximate surface area is 121 Å². The molecule has 0 amide bonds. The second-order valence-electron chi connectivity index (χ2n) is 3.75. The maximum absolute atomic E-state index is 10.7. The van der Waals surface area contributed by atoms with Crippen LogP contribution in [0.25, 0.3) is 0 Å². The van der Waals surface area contributed by atoms with Gasteiger partial charge in [-0.05, 0) is 26.3 Å². The predicted molar refractivity (Wildman–Crippen MR) is 71.9 cm³/mol. The monoisotopic (exact) mass is 316 g/mol. The summed E-state index contributed by atoms with van der Waals surface area (Å²) < 4.78 is 1.33. The lowest BCUT2D eigenvalue weighted by molar-refractivity contribution is -0.391. The number of thiol groups is 1. The van der Waals surface area contributed by atoms with Gasteiger partial charge >= 0.3 is 10.9 Å². The third kappa shape index (κ3) is 2.75. The van der Waals surface area contributed by atoms with E-state index >= 15 is 0 Å². The topological polar surface area (TPSA) is 130 Å². The lowest BCUT2D eigenvalue weighted by Gasteiger charge is -2.03. The van der Waals surface area contributed by atoms with Crippen molar-refractivity contribution in [3.05, 3.63) is 37.3 Å². The zero-order chi connectivity index (χ0) is 14.9. The van der Waals surface area contributed by atoms with Gasteiger partial charge in [-0.1, -0.05) is 0 Å². The number of hydrogen-bond donors (Lipinski definition) is 1. The third-order valence-corrected chi connectivity index (χ3v) is 4.08. The lowest BCUT2D eigenvalue weighted by atomic mass is 10.3. The standard InChI is InChI=1S/C8H8N6O4S2/c1-12-5(9-3-6(12)13(15)16)2-4(19)7-10-11-8(20-7)14(17)18/h3-4,19H,2H2,1H3. The fourth-order valence-electron chi connectivity index (χ4n) is 1.49. The van der Waals surface area contributed by atoms with Crippen molar-refractivity contribution in [2.75, 3.05) is 0 Å². The maximum Gasteiger partial charge on any atom is 0.450 e. The number of hydrogen-bond acceptors (Lipinski definition) is 9. The molecule has 2 aromatic heterocycles. The van der Waals surface area contributed by atoms with Crippen molar-refractivity contribution >= 4 is 34.9 Å². The normalized spacial score (nSPS) is 12.3. The van der Waals surface area contributed by atoms with E-state index in [9.17, 15) is 20.2 Å². The summed E-state index contributed by atoms with van der Waals surface area (Å²) in [5.41, 5.74) is 0. The minimum atomic E-state index is -0.632. The molecule has 0 N–H and O–H groups in total. The minimum Gasteiger partial charge on any atom is -0.358 e. The fraction of sp³-hybridized carbons (Fsp3) is 0.375. The summed E-state index contributed by atoms with van der Waals surface area (Å²) in [6.07, 6.45) is 1.40. The van der Waals surface area contributed by atoms with Gasteiger partial charge in [0, 0.05) is 6.42 Å². The lowest BCUT2D eigenvalue weighted by Crippen LogP contribution is -2.05. The molecule has 0 spiro atoms. The van der Waals surface area contributed by atoms with Gasteiger partial charge in [0.2, 0.25) is 0 Å². The van der Waals surface area contributed by atoms with Gasteiger partial charge in [-0.15, -0.1) is 0 Å². The van der Waals surface area contributed by atoms with Crippen molar-refractivity contribution in [3.8, 4) is 0 Å². The van der Waals surface area contributed by atoms with Crippen molar-refractivity contribution in [2.45, 2.75) is 11.7 Å². The van der Waals surface area contributed by atoms with Gasteiger partial charge in [0.15, 0.2) is 10.8 Å². The first-order valence-corrected chi connectivity index (χ1v) is 6.54. The summed E-state index contributed by atoms with van der Waals surface area (Å²) in [5.74, 6) is 0.304.